The van der Waals surface area contributed by atoms with Crippen molar-refractivity contribution in [2.24, 2.45) is 0 Å². The van der Waals surface area contributed by atoms with E-state index in [0.717, 1.165) is 34.6 Å². The molecule has 0 atom stereocenters. The summed E-state index contributed by atoms with van der Waals surface area (Å²) in [6.07, 6.45) is -3.03. The summed E-state index contributed by atoms with van der Waals surface area (Å²) in [5.41, 5.74) is 1.49. The van der Waals surface area contributed by atoms with Crippen LogP contribution in [0.15, 0.2) is 79.0 Å². The average Bonchev–Trinajstić information content (AvgIpc) is 3.15. The van der Waals surface area contributed by atoms with Crippen LogP contribution in [-0.2, 0) is 6.18 Å². The second-order valence-electron chi connectivity index (χ2n) is 7.11. The zero-order chi connectivity index (χ0) is 23.6. The number of benzene rings is 3. The lowest BCUT2D eigenvalue weighted by molar-refractivity contribution is -0.137. The summed E-state index contributed by atoms with van der Waals surface area (Å²) < 4.78 is 44.6. The predicted octanol–water partition coefficient (Wildman–Crippen LogP) is 6.45. The van der Waals surface area contributed by atoms with E-state index < -0.39 is 23.4 Å². The molecule has 33 heavy (non-hydrogen) atoms. The predicted molar refractivity (Wildman–Crippen MR) is 122 cm³/mol. The number of ether oxygens (including phenoxy) is 1. The van der Waals surface area contributed by atoms with E-state index in [-0.39, 0.29) is 10.3 Å². The highest BCUT2D eigenvalue weighted by Gasteiger charge is 2.31. The van der Waals surface area contributed by atoms with E-state index in [9.17, 15) is 23.1 Å². The SMILES string of the molecule is COc1ccc(/C(=C/NC(=O)c2sc3ccc(C(F)(F)F)cc3c2O)c2ccccc2)cc1. The van der Waals surface area contributed by atoms with E-state index >= 15 is 0 Å². The first kappa shape index (κ1) is 22.4. The van der Waals surface area contributed by atoms with Crippen molar-refractivity contribution >= 4 is 32.9 Å². The van der Waals surface area contributed by atoms with Gasteiger partial charge in [0.05, 0.1) is 12.7 Å². The molecule has 3 aromatic carbocycles. The third-order valence-electron chi connectivity index (χ3n) is 5.03. The molecule has 0 bridgehead atoms. The molecule has 1 amide bonds. The van der Waals surface area contributed by atoms with Crippen molar-refractivity contribution in [3.8, 4) is 11.5 Å². The lowest BCUT2D eigenvalue weighted by Gasteiger charge is -2.10. The second-order valence-corrected chi connectivity index (χ2v) is 8.17. The summed E-state index contributed by atoms with van der Waals surface area (Å²) in [5.74, 6) is -0.412. The molecule has 8 heteroatoms. The number of alkyl halides is 3. The number of fused-ring (bicyclic) bond motifs is 1. The van der Waals surface area contributed by atoms with Crippen LogP contribution in [0, 0.1) is 0 Å². The molecule has 4 nitrogen and oxygen atoms in total. The van der Waals surface area contributed by atoms with Crippen molar-refractivity contribution in [2.45, 2.75) is 6.18 Å². The number of thiophene rings is 1. The average molecular weight is 469 g/mol. The molecular weight excluding hydrogens is 451 g/mol. The Morgan fingerprint density at radius 3 is 2.30 bits per heavy atom. The third kappa shape index (κ3) is 4.70. The first-order valence-electron chi connectivity index (χ1n) is 9.81. The standard InChI is InChI=1S/C25H18F3NO3S/c1-32-18-10-7-16(8-11-18)20(15-5-3-2-4-6-15)14-29-24(31)23-22(30)19-13-17(25(26,27)28)9-12-21(19)33-23/h2-14,30H,1H3,(H,29,31)/b20-14+. The summed E-state index contributed by atoms with van der Waals surface area (Å²) >= 11 is 0.924. The van der Waals surface area contributed by atoms with Gasteiger partial charge < -0.3 is 15.2 Å². The number of carbonyl (C=O) groups excluding carboxylic acids is 1. The van der Waals surface area contributed by atoms with Crippen LogP contribution in [0.4, 0.5) is 13.2 Å². The van der Waals surface area contributed by atoms with Crippen LogP contribution in [-0.4, -0.2) is 18.1 Å². The van der Waals surface area contributed by atoms with Crippen molar-refractivity contribution in [2.75, 3.05) is 7.11 Å². The number of hydrogen-bond acceptors (Lipinski definition) is 4. The van der Waals surface area contributed by atoms with Crippen LogP contribution in [0.3, 0.4) is 0 Å². The van der Waals surface area contributed by atoms with E-state index in [0.29, 0.717) is 16.0 Å². The molecule has 4 aromatic rings. The van der Waals surface area contributed by atoms with Crippen LogP contribution in [0.5, 0.6) is 11.5 Å². The highest BCUT2D eigenvalue weighted by Crippen LogP contribution is 2.40. The zero-order valence-corrected chi connectivity index (χ0v) is 18.1. The normalized spacial score (nSPS) is 12.1. The summed E-state index contributed by atoms with van der Waals surface area (Å²) in [7, 11) is 1.57. The van der Waals surface area contributed by atoms with Crippen LogP contribution >= 0.6 is 11.3 Å². The van der Waals surface area contributed by atoms with Crippen LogP contribution in [0.2, 0.25) is 0 Å². The van der Waals surface area contributed by atoms with Crippen LogP contribution in [0.25, 0.3) is 15.7 Å². The summed E-state index contributed by atoms with van der Waals surface area (Å²) in [5, 5.41) is 13.1. The van der Waals surface area contributed by atoms with E-state index in [1.165, 1.54) is 12.3 Å². The highest BCUT2D eigenvalue weighted by molar-refractivity contribution is 7.21. The smallest absolute Gasteiger partial charge is 0.416 e. The molecule has 0 spiro atoms. The van der Waals surface area contributed by atoms with Gasteiger partial charge in [-0.1, -0.05) is 42.5 Å². The van der Waals surface area contributed by atoms with Crippen LogP contribution < -0.4 is 10.1 Å². The molecule has 0 radical (unpaired) electrons. The van der Waals surface area contributed by atoms with Gasteiger partial charge in [0.25, 0.3) is 5.91 Å². The molecule has 0 aliphatic rings. The van der Waals surface area contributed by atoms with E-state index in [4.69, 9.17) is 4.74 Å². The van der Waals surface area contributed by atoms with Gasteiger partial charge >= 0.3 is 6.18 Å². The number of aromatic hydroxyl groups is 1. The number of hydrogen-bond donors (Lipinski definition) is 2. The minimum atomic E-state index is -4.54. The van der Waals surface area contributed by atoms with Gasteiger partial charge in [0.2, 0.25) is 0 Å². The summed E-state index contributed by atoms with van der Waals surface area (Å²) in [4.78, 5) is 12.8. The molecule has 0 aliphatic carbocycles. The Labute approximate surface area is 191 Å². The first-order valence-corrected chi connectivity index (χ1v) is 10.6. The van der Waals surface area contributed by atoms with Crippen molar-refractivity contribution in [1.29, 1.82) is 0 Å². The summed E-state index contributed by atoms with van der Waals surface area (Å²) in [6.45, 7) is 0. The lowest BCUT2D eigenvalue weighted by atomic mass is 9.99. The zero-order valence-electron chi connectivity index (χ0n) is 17.3. The van der Waals surface area contributed by atoms with Crippen molar-refractivity contribution in [3.05, 3.63) is 101 Å². The van der Waals surface area contributed by atoms with E-state index in [2.05, 4.69) is 5.32 Å². The van der Waals surface area contributed by atoms with Crippen molar-refractivity contribution in [3.63, 3.8) is 0 Å². The van der Waals surface area contributed by atoms with Gasteiger partial charge in [-0.05, 0) is 41.5 Å². The van der Waals surface area contributed by atoms with Crippen molar-refractivity contribution in [1.82, 2.24) is 5.32 Å². The lowest BCUT2D eigenvalue weighted by Crippen LogP contribution is -2.16. The molecule has 1 aromatic heterocycles. The van der Waals surface area contributed by atoms with Gasteiger partial charge in [-0.2, -0.15) is 13.2 Å². The Kier molecular flexibility index (Phi) is 6.11. The molecule has 0 saturated heterocycles. The van der Waals surface area contributed by atoms with E-state index in [1.54, 1.807) is 19.2 Å². The Bertz CT molecular complexity index is 1330. The number of carbonyl (C=O) groups is 1. The second kappa shape index (κ2) is 8.99. The molecule has 4 rings (SSSR count). The number of rotatable bonds is 5. The number of amides is 1. The minimum absolute atomic E-state index is 0.0117. The Morgan fingerprint density at radius 2 is 1.67 bits per heavy atom. The van der Waals surface area contributed by atoms with Crippen molar-refractivity contribution < 1.29 is 27.8 Å². The van der Waals surface area contributed by atoms with Gasteiger partial charge in [-0.25, -0.2) is 0 Å². The molecular formula is C25H18F3NO3S. The third-order valence-corrected chi connectivity index (χ3v) is 6.19. The fourth-order valence-corrected chi connectivity index (χ4v) is 4.32. The maximum absolute atomic E-state index is 13.0. The Morgan fingerprint density at radius 1 is 1.00 bits per heavy atom. The molecule has 0 aliphatic heterocycles. The number of methoxy groups -OCH3 is 1. The molecule has 0 fully saturated rings. The van der Waals surface area contributed by atoms with Gasteiger partial charge in [-0.15, -0.1) is 11.3 Å². The largest absolute Gasteiger partial charge is 0.506 e. The monoisotopic (exact) mass is 469 g/mol. The van der Waals surface area contributed by atoms with Gasteiger partial charge in [0.15, 0.2) is 0 Å². The quantitative estimate of drug-likeness (QED) is 0.353. The molecule has 168 valence electrons. The molecule has 1 heterocycles. The van der Waals surface area contributed by atoms with Crippen LogP contribution in [0.1, 0.15) is 26.4 Å². The molecule has 0 saturated carbocycles. The summed E-state index contributed by atoms with van der Waals surface area (Å²) in [6, 6.07) is 19.7. The van der Waals surface area contributed by atoms with Gasteiger partial charge in [0, 0.05) is 21.9 Å². The molecule has 0 unspecified atom stereocenters. The fraction of sp³-hybridized carbons (Fsp3) is 0.0800. The van der Waals surface area contributed by atoms with Gasteiger partial charge in [0.1, 0.15) is 16.4 Å². The fourth-order valence-electron chi connectivity index (χ4n) is 3.34. The Balaban J connectivity index is 1.68. The maximum Gasteiger partial charge on any atom is 0.416 e. The molecule has 2 N–H and O–H groups in total. The first-order chi connectivity index (χ1) is 15.8. The topological polar surface area (TPSA) is 58.6 Å². The Hall–Kier alpha value is -3.78. The van der Waals surface area contributed by atoms with E-state index in [1.807, 2.05) is 42.5 Å². The number of halogens is 3. The van der Waals surface area contributed by atoms with Gasteiger partial charge in [-0.3, -0.25) is 4.79 Å². The number of nitrogens with one attached hydrogen (secondary N) is 1. The minimum Gasteiger partial charge on any atom is -0.506 e. The maximum atomic E-state index is 13.0. The highest BCUT2D eigenvalue weighted by atomic mass is 32.1.